The number of rotatable bonds is 8. The molecule has 0 bridgehead atoms. The maximum Gasteiger partial charge on any atom is 0.416 e. The first-order chi connectivity index (χ1) is 15.8. The molecule has 172 valence electrons. The van der Waals surface area contributed by atoms with Crippen molar-refractivity contribution in [1.29, 1.82) is 0 Å². The van der Waals surface area contributed by atoms with Gasteiger partial charge >= 0.3 is 6.18 Å². The highest BCUT2D eigenvalue weighted by Gasteiger charge is 2.30. The van der Waals surface area contributed by atoms with Crippen molar-refractivity contribution in [1.82, 2.24) is 25.0 Å². The number of hydrogen-bond donors (Lipinski definition) is 1. The Bertz CT molecular complexity index is 1230. The highest BCUT2D eigenvalue weighted by atomic mass is 32.2. The Balaban J connectivity index is 1.35. The van der Waals surface area contributed by atoms with Gasteiger partial charge in [-0.15, -0.1) is 10.2 Å². The average molecular weight is 478 g/mol. The van der Waals surface area contributed by atoms with E-state index < -0.39 is 11.7 Å². The number of benzene rings is 2. The summed E-state index contributed by atoms with van der Waals surface area (Å²) in [6, 6.07) is 11.6. The number of nitrogens with zero attached hydrogens (tertiary/aromatic N) is 5. The second-order valence-corrected chi connectivity index (χ2v) is 7.55. The summed E-state index contributed by atoms with van der Waals surface area (Å²) in [6.45, 7) is 0.0931. The predicted molar refractivity (Wildman–Crippen MR) is 112 cm³/mol. The van der Waals surface area contributed by atoms with Gasteiger partial charge in [0.2, 0.25) is 16.9 Å². The molecule has 2 heterocycles. The first kappa shape index (κ1) is 22.5. The molecule has 33 heavy (non-hydrogen) atoms. The number of nitrogens with two attached hydrogens (primary N) is 1. The molecular formula is C20H17F3N6O3S. The van der Waals surface area contributed by atoms with Crippen LogP contribution >= 0.6 is 11.8 Å². The largest absolute Gasteiger partial charge is 0.497 e. The molecule has 9 nitrogen and oxygen atoms in total. The van der Waals surface area contributed by atoms with Crippen LogP contribution in [0.15, 0.2) is 58.2 Å². The minimum absolute atomic E-state index is 0.0931. The van der Waals surface area contributed by atoms with E-state index in [-0.39, 0.29) is 24.1 Å². The fraction of sp³-hybridized carbons (Fsp3) is 0.200. The van der Waals surface area contributed by atoms with E-state index in [0.717, 1.165) is 12.1 Å². The summed E-state index contributed by atoms with van der Waals surface area (Å²) in [6.07, 6.45) is -4.41. The molecule has 0 aliphatic carbocycles. The van der Waals surface area contributed by atoms with E-state index in [0.29, 0.717) is 28.0 Å². The second kappa shape index (κ2) is 9.40. The zero-order valence-corrected chi connectivity index (χ0v) is 17.9. The molecule has 0 fully saturated rings. The van der Waals surface area contributed by atoms with Crippen molar-refractivity contribution in [2.24, 2.45) is 0 Å². The van der Waals surface area contributed by atoms with Gasteiger partial charge in [-0.25, -0.2) is 4.68 Å². The normalized spacial score (nSPS) is 11.5. The number of hydrogen-bond acceptors (Lipinski definition) is 9. The minimum Gasteiger partial charge on any atom is -0.497 e. The lowest BCUT2D eigenvalue weighted by molar-refractivity contribution is -0.137. The minimum atomic E-state index is -4.41. The van der Waals surface area contributed by atoms with Crippen molar-refractivity contribution in [3.05, 3.63) is 65.8 Å². The number of methoxy groups -OCH3 is 1. The fourth-order valence-corrected chi connectivity index (χ4v) is 3.42. The Morgan fingerprint density at radius 2 is 1.85 bits per heavy atom. The van der Waals surface area contributed by atoms with E-state index in [4.69, 9.17) is 19.8 Å². The number of halogens is 3. The van der Waals surface area contributed by atoms with Crippen LogP contribution in [0.2, 0.25) is 0 Å². The molecule has 0 radical (unpaired) electrons. The van der Waals surface area contributed by atoms with Gasteiger partial charge in [0, 0.05) is 11.6 Å². The summed E-state index contributed by atoms with van der Waals surface area (Å²) in [5.74, 6) is 8.37. The van der Waals surface area contributed by atoms with Gasteiger partial charge in [0.15, 0.2) is 5.82 Å². The van der Waals surface area contributed by atoms with Gasteiger partial charge in [-0.2, -0.15) is 18.2 Å². The van der Waals surface area contributed by atoms with Crippen molar-refractivity contribution in [2.75, 3.05) is 13.0 Å². The summed E-state index contributed by atoms with van der Waals surface area (Å²) >= 11 is 1.21. The van der Waals surface area contributed by atoms with Crippen molar-refractivity contribution in [3.8, 4) is 22.9 Å². The van der Waals surface area contributed by atoms with E-state index in [2.05, 4.69) is 20.3 Å². The van der Waals surface area contributed by atoms with Crippen molar-refractivity contribution < 1.29 is 27.2 Å². The number of thioether (sulfide) groups is 1. The zero-order valence-electron chi connectivity index (χ0n) is 17.1. The number of ether oxygens (including phenoxy) is 2. The molecule has 0 saturated heterocycles. The van der Waals surface area contributed by atoms with Crippen molar-refractivity contribution >= 4 is 11.8 Å². The molecule has 2 N–H and O–H groups in total. The summed E-state index contributed by atoms with van der Waals surface area (Å²) in [7, 11) is 1.56. The Morgan fingerprint density at radius 1 is 1.09 bits per heavy atom. The Kier molecular flexibility index (Phi) is 6.40. The SMILES string of the molecule is COc1cccc(OCc2nnc(SCc3nc(-c4ccc(C(F)(F)F)cc4)no3)n2N)c1. The lowest BCUT2D eigenvalue weighted by Crippen LogP contribution is -2.15. The molecule has 13 heteroatoms. The maximum absolute atomic E-state index is 12.7. The van der Waals surface area contributed by atoms with E-state index in [9.17, 15) is 13.2 Å². The predicted octanol–water partition coefficient (Wildman–Crippen LogP) is 3.94. The lowest BCUT2D eigenvalue weighted by atomic mass is 10.1. The van der Waals surface area contributed by atoms with E-state index in [1.807, 2.05) is 0 Å². The highest BCUT2D eigenvalue weighted by molar-refractivity contribution is 7.98. The van der Waals surface area contributed by atoms with Gasteiger partial charge in [-0.05, 0) is 24.3 Å². The third kappa shape index (κ3) is 5.37. The van der Waals surface area contributed by atoms with Crippen LogP contribution in [0.5, 0.6) is 11.5 Å². The summed E-state index contributed by atoms with van der Waals surface area (Å²) < 4.78 is 55.4. The van der Waals surface area contributed by atoms with Crippen molar-refractivity contribution in [2.45, 2.75) is 23.7 Å². The number of aromatic nitrogens is 5. The molecule has 0 unspecified atom stereocenters. The molecule has 0 aliphatic heterocycles. The first-order valence-electron chi connectivity index (χ1n) is 9.42. The second-order valence-electron chi connectivity index (χ2n) is 6.61. The Morgan fingerprint density at radius 3 is 2.58 bits per heavy atom. The van der Waals surface area contributed by atoms with E-state index in [1.165, 1.54) is 28.6 Å². The molecule has 0 aliphatic rings. The van der Waals surface area contributed by atoms with Crippen LogP contribution in [0.25, 0.3) is 11.4 Å². The quantitative estimate of drug-likeness (QED) is 0.297. The van der Waals surface area contributed by atoms with Gasteiger partial charge in [0.05, 0.1) is 18.4 Å². The smallest absolute Gasteiger partial charge is 0.416 e. The molecule has 0 amide bonds. The van der Waals surface area contributed by atoms with E-state index >= 15 is 0 Å². The monoisotopic (exact) mass is 478 g/mol. The van der Waals surface area contributed by atoms with Crippen molar-refractivity contribution in [3.63, 3.8) is 0 Å². The molecule has 4 aromatic rings. The molecule has 2 aromatic carbocycles. The maximum atomic E-state index is 12.7. The number of alkyl halides is 3. The summed E-state index contributed by atoms with van der Waals surface area (Å²) in [4.78, 5) is 4.20. The summed E-state index contributed by atoms with van der Waals surface area (Å²) in [5.41, 5.74) is -0.346. The number of nitrogen functional groups attached to an aromatic ring is 1. The third-order valence-electron chi connectivity index (χ3n) is 4.41. The van der Waals surface area contributed by atoms with Crippen LogP contribution in [0.3, 0.4) is 0 Å². The highest BCUT2D eigenvalue weighted by Crippen LogP contribution is 2.30. The van der Waals surface area contributed by atoms with Gasteiger partial charge in [-0.3, -0.25) is 0 Å². The summed E-state index contributed by atoms with van der Waals surface area (Å²) in [5, 5.41) is 12.3. The zero-order chi connectivity index (χ0) is 23.4. The van der Waals surface area contributed by atoms with Gasteiger partial charge in [-0.1, -0.05) is 35.1 Å². The van der Waals surface area contributed by atoms with Crippen LogP contribution in [0.4, 0.5) is 13.2 Å². The Hall–Kier alpha value is -3.74. The molecule has 0 spiro atoms. The molecular weight excluding hydrogens is 461 g/mol. The van der Waals surface area contributed by atoms with Crippen LogP contribution < -0.4 is 15.3 Å². The third-order valence-corrected chi connectivity index (χ3v) is 5.34. The lowest BCUT2D eigenvalue weighted by Gasteiger charge is -2.07. The van der Waals surface area contributed by atoms with E-state index in [1.54, 1.807) is 31.4 Å². The van der Waals surface area contributed by atoms with Gasteiger partial charge < -0.3 is 19.8 Å². The molecule has 2 aromatic heterocycles. The van der Waals surface area contributed by atoms with Crippen LogP contribution in [-0.2, 0) is 18.5 Å². The Labute approximate surface area is 189 Å². The van der Waals surface area contributed by atoms with Gasteiger partial charge in [0.25, 0.3) is 0 Å². The standard InChI is InChI=1S/C20H17F3N6O3S/c1-30-14-3-2-4-15(9-14)31-10-16-26-27-19(29(16)24)33-11-17-25-18(28-32-17)12-5-7-13(8-6-12)20(21,22)23/h2-9H,10-11,24H2,1H3. The molecule has 0 saturated carbocycles. The average Bonchev–Trinajstić information content (AvgIpc) is 3.42. The fourth-order valence-electron chi connectivity index (χ4n) is 2.71. The van der Waals surface area contributed by atoms with Crippen LogP contribution in [0.1, 0.15) is 17.3 Å². The molecule has 4 rings (SSSR count). The van der Waals surface area contributed by atoms with Gasteiger partial charge in [0.1, 0.15) is 18.1 Å². The van der Waals surface area contributed by atoms with Crippen LogP contribution in [0, 0.1) is 0 Å². The molecule has 0 atom stereocenters. The first-order valence-corrected chi connectivity index (χ1v) is 10.4. The van der Waals surface area contributed by atoms with Crippen LogP contribution in [-0.4, -0.2) is 32.1 Å². The topological polar surface area (TPSA) is 114 Å².